The van der Waals surface area contributed by atoms with Gasteiger partial charge in [0, 0.05) is 31.1 Å². The summed E-state index contributed by atoms with van der Waals surface area (Å²) in [6, 6.07) is 11.9. The summed E-state index contributed by atoms with van der Waals surface area (Å²) >= 11 is 5.97. The summed E-state index contributed by atoms with van der Waals surface area (Å²) in [6.45, 7) is 8.29. The lowest BCUT2D eigenvalue weighted by atomic mass is 10.1. The highest BCUT2D eigenvalue weighted by molar-refractivity contribution is 7.92. The highest BCUT2D eigenvalue weighted by Gasteiger charge is 2.26. The Labute approximate surface area is 208 Å². The Morgan fingerprint density at radius 3 is 2.26 bits per heavy atom. The molecule has 0 spiro atoms. The molecule has 2 amide bonds. The molecule has 0 saturated carbocycles. The molecule has 34 heavy (non-hydrogen) atoms. The second kappa shape index (κ2) is 12.2. The standard InChI is InChI=1S/C25H34ClN3O4S/c1-6-27-25(31)20(4)28(17-21-10-12-22(26)13-11-21)24(30)8-7-15-29(34(5,32)33)23-14-9-18(2)19(3)16-23/h9-14,16,20H,6-8,15,17H2,1-5H3,(H,27,31). The molecular weight excluding hydrogens is 474 g/mol. The summed E-state index contributed by atoms with van der Waals surface area (Å²) in [5, 5.41) is 3.35. The third-order valence-electron chi connectivity index (χ3n) is 5.72. The molecule has 7 nitrogen and oxygen atoms in total. The molecule has 1 atom stereocenters. The lowest BCUT2D eigenvalue weighted by Gasteiger charge is -2.29. The van der Waals surface area contributed by atoms with Crippen molar-refractivity contribution in [1.82, 2.24) is 10.2 Å². The van der Waals surface area contributed by atoms with Crippen LogP contribution < -0.4 is 9.62 Å². The first-order valence-corrected chi connectivity index (χ1v) is 13.5. The zero-order valence-corrected chi connectivity index (χ0v) is 22.0. The monoisotopic (exact) mass is 507 g/mol. The number of sulfonamides is 1. The molecule has 1 N–H and O–H groups in total. The van der Waals surface area contributed by atoms with Crippen LogP contribution in [-0.4, -0.2) is 50.5 Å². The van der Waals surface area contributed by atoms with Crippen LogP contribution in [0, 0.1) is 13.8 Å². The van der Waals surface area contributed by atoms with E-state index < -0.39 is 16.1 Å². The molecule has 0 heterocycles. The van der Waals surface area contributed by atoms with Gasteiger partial charge in [-0.15, -0.1) is 0 Å². The normalized spacial score (nSPS) is 12.2. The third kappa shape index (κ3) is 7.74. The van der Waals surface area contributed by atoms with E-state index in [1.807, 2.05) is 45.0 Å². The Morgan fingerprint density at radius 1 is 1.06 bits per heavy atom. The van der Waals surface area contributed by atoms with Gasteiger partial charge in [0.1, 0.15) is 6.04 Å². The summed E-state index contributed by atoms with van der Waals surface area (Å²) in [6.07, 6.45) is 1.58. The van der Waals surface area contributed by atoms with Gasteiger partial charge in [0.05, 0.1) is 11.9 Å². The van der Waals surface area contributed by atoms with Gasteiger partial charge in [0.15, 0.2) is 0 Å². The maximum atomic E-state index is 13.2. The Morgan fingerprint density at radius 2 is 1.71 bits per heavy atom. The summed E-state index contributed by atoms with van der Waals surface area (Å²) in [5.41, 5.74) is 3.49. The van der Waals surface area contributed by atoms with E-state index in [1.54, 1.807) is 25.1 Å². The van der Waals surface area contributed by atoms with E-state index in [9.17, 15) is 18.0 Å². The number of carbonyl (C=O) groups excluding carboxylic acids is 2. The first-order chi connectivity index (χ1) is 15.9. The molecule has 0 saturated heterocycles. The number of carbonyl (C=O) groups is 2. The van der Waals surface area contributed by atoms with E-state index >= 15 is 0 Å². The Balaban J connectivity index is 2.16. The Kier molecular flexibility index (Phi) is 9.94. The predicted molar refractivity (Wildman–Crippen MR) is 137 cm³/mol. The number of nitrogens with zero attached hydrogens (tertiary/aromatic N) is 2. The highest BCUT2D eigenvalue weighted by Crippen LogP contribution is 2.22. The fourth-order valence-corrected chi connectivity index (χ4v) is 4.66. The summed E-state index contributed by atoms with van der Waals surface area (Å²) < 4.78 is 26.2. The number of amides is 2. The first kappa shape index (κ1) is 27.7. The topological polar surface area (TPSA) is 86.8 Å². The van der Waals surface area contributed by atoms with Crippen LogP contribution in [0.2, 0.25) is 5.02 Å². The van der Waals surface area contributed by atoms with Crippen LogP contribution in [0.1, 0.15) is 43.4 Å². The SMILES string of the molecule is CCNC(=O)C(C)N(Cc1ccc(Cl)cc1)C(=O)CCCN(c1ccc(C)c(C)c1)S(C)(=O)=O. The number of hydrogen-bond donors (Lipinski definition) is 1. The molecule has 9 heteroatoms. The number of halogens is 1. The van der Waals surface area contributed by atoms with Crippen LogP contribution in [-0.2, 0) is 26.2 Å². The average Bonchev–Trinajstić information content (AvgIpc) is 2.77. The van der Waals surface area contributed by atoms with E-state index in [0.29, 0.717) is 23.7 Å². The van der Waals surface area contributed by atoms with E-state index in [2.05, 4.69) is 5.32 Å². The fourth-order valence-electron chi connectivity index (χ4n) is 3.58. The highest BCUT2D eigenvalue weighted by atomic mass is 35.5. The molecule has 0 aromatic heterocycles. The second-order valence-corrected chi connectivity index (χ2v) is 10.8. The molecule has 2 rings (SSSR count). The van der Waals surface area contributed by atoms with Crippen molar-refractivity contribution >= 4 is 39.1 Å². The van der Waals surface area contributed by atoms with E-state index in [-0.39, 0.29) is 31.3 Å². The van der Waals surface area contributed by atoms with Crippen LogP contribution in [0.3, 0.4) is 0 Å². The van der Waals surface area contributed by atoms with Gasteiger partial charge < -0.3 is 10.2 Å². The van der Waals surface area contributed by atoms with Crippen LogP contribution in [0.25, 0.3) is 0 Å². The van der Waals surface area contributed by atoms with Crippen LogP contribution in [0.5, 0.6) is 0 Å². The minimum atomic E-state index is -3.52. The van der Waals surface area contributed by atoms with Crippen molar-refractivity contribution in [3.63, 3.8) is 0 Å². The molecule has 0 bridgehead atoms. The van der Waals surface area contributed by atoms with Crippen molar-refractivity contribution in [1.29, 1.82) is 0 Å². The number of likely N-dealkylation sites (N-methyl/N-ethyl adjacent to an activating group) is 1. The predicted octanol–water partition coefficient (Wildman–Crippen LogP) is 4.06. The molecule has 0 aliphatic heterocycles. The molecule has 0 fully saturated rings. The Hall–Kier alpha value is -2.58. The number of rotatable bonds is 11. The van der Waals surface area contributed by atoms with E-state index in [0.717, 1.165) is 22.9 Å². The molecule has 0 aliphatic rings. The summed E-state index contributed by atoms with van der Waals surface area (Å²) in [7, 11) is -3.52. The van der Waals surface area contributed by atoms with Gasteiger partial charge in [-0.2, -0.15) is 0 Å². The number of anilines is 1. The molecule has 186 valence electrons. The van der Waals surface area contributed by atoms with Crippen molar-refractivity contribution < 1.29 is 18.0 Å². The van der Waals surface area contributed by atoms with Gasteiger partial charge >= 0.3 is 0 Å². The number of nitrogens with one attached hydrogen (secondary N) is 1. The van der Waals surface area contributed by atoms with E-state index in [1.165, 1.54) is 9.21 Å². The Bertz CT molecular complexity index is 1100. The summed E-state index contributed by atoms with van der Waals surface area (Å²) in [5.74, 6) is -0.458. The van der Waals surface area contributed by atoms with Gasteiger partial charge in [0.2, 0.25) is 21.8 Å². The number of benzene rings is 2. The zero-order valence-electron chi connectivity index (χ0n) is 20.5. The maximum Gasteiger partial charge on any atom is 0.242 e. The molecule has 1 unspecified atom stereocenters. The van der Waals surface area contributed by atoms with Crippen LogP contribution >= 0.6 is 11.6 Å². The third-order valence-corrected chi connectivity index (χ3v) is 7.16. The zero-order chi connectivity index (χ0) is 25.5. The van der Waals surface area contributed by atoms with Gasteiger partial charge in [-0.1, -0.05) is 29.8 Å². The minimum absolute atomic E-state index is 0.105. The minimum Gasteiger partial charge on any atom is -0.355 e. The van der Waals surface area contributed by atoms with Crippen molar-refractivity contribution in [2.45, 2.75) is 53.1 Å². The van der Waals surface area contributed by atoms with Gasteiger partial charge in [-0.3, -0.25) is 13.9 Å². The van der Waals surface area contributed by atoms with Gasteiger partial charge in [-0.05, 0) is 75.1 Å². The number of hydrogen-bond acceptors (Lipinski definition) is 4. The van der Waals surface area contributed by atoms with Crippen LogP contribution in [0.4, 0.5) is 5.69 Å². The lowest BCUT2D eigenvalue weighted by Crippen LogP contribution is -2.47. The molecule has 0 radical (unpaired) electrons. The van der Waals surface area contributed by atoms with E-state index in [4.69, 9.17) is 11.6 Å². The summed E-state index contributed by atoms with van der Waals surface area (Å²) in [4.78, 5) is 27.2. The van der Waals surface area contributed by atoms with Crippen LogP contribution in [0.15, 0.2) is 42.5 Å². The fraction of sp³-hybridized carbons (Fsp3) is 0.440. The molecule has 0 aliphatic carbocycles. The maximum absolute atomic E-state index is 13.2. The van der Waals surface area contributed by atoms with Gasteiger partial charge in [0.25, 0.3) is 0 Å². The molecule has 2 aromatic rings. The second-order valence-electron chi connectivity index (χ2n) is 8.43. The van der Waals surface area contributed by atoms with Crippen molar-refractivity contribution in [3.05, 3.63) is 64.2 Å². The smallest absolute Gasteiger partial charge is 0.242 e. The lowest BCUT2D eigenvalue weighted by molar-refractivity contribution is -0.140. The van der Waals surface area contributed by atoms with Gasteiger partial charge in [-0.25, -0.2) is 8.42 Å². The van der Waals surface area contributed by atoms with Crippen molar-refractivity contribution in [2.24, 2.45) is 0 Å². The molecule has 2 aromatic carbocycles. The quantitative estimate of drug-likeness (QED) is 0.497. The average molecular weight is 508 g/mol. The number of aryl methyl sites for hydroxylation is 2. The van der Waals surface area contributed by atoms with Crippen molar-refractivity contribution in [2.75, 3.05) is 23.7 Å². The first-order valence-electron chi connectivity index (χ1n) is 11.3. The van der Waals surface area contributed by atoms with Crippen molar-refractivity contribution in [3.8, 4) is 0 Å². The molecular formula is C25H34ClN3O4S. The largest absolute Gasteiger partial charge is 0.355 e.